The highest BCUT2D eigenvalue weighted by Gasteiger charge is 2.05. The molecule has 0 saturated heterocycles. The number of anilines is 1. The van der Waals surface area contributed by atoms with Gasteiger partial charge in [0, 0.05) is 28.9 Å². The number of amides is 2. The predicted octanol–water partition coefficient (Wildman–Crippen LogP) is 3.43. The smallest absolute Gasteiger partial charge is 0.319 e. The number of benzene rings is 1. The van der Waals surface area contributed by atoms with E-state index in [1.165, 1.54) is 0 Å². The van der Waals surface area contributed by atoms with Gasteiger partial charge in [0.15, 0.2) is 0 Å². The number of rotatable bonds is 4. The molecule has 2 N–H and O–H groups in total. The van der Waals surface area contributed by atoms with Gasteiger partial charge in [-0.1, -0.05) is 18.2 Å². The Morgan fingerprint density at radius 1 is 1.53 bits per heavy atom. The van der Waals surface area contributed by atoms with Crippen LogP contribution in [0, 0.1) is 6.92 Å². The number of aryl methyl sites for hydroxylation is 1. The van der Waals surface area contributed by atoms with Gasteiger partial charge >= 0.3 is 6.03 Å². The van der Waals surface area contributed by atoms with Gasteiger partial charge in [0.1, 0.15) is 5.01 Å². The Morgan fingerprint density at radius 3 is 3.05 bits per heavy atom. The molecule has 4 nitrogen and oxygen atoms in total. The lowest BCUT2D eigenvalue weighted by atomic mass is 10.2. The van der Waals surface area contributed by atoms with Gasteiger partial charge in [-0.15, -0.1) is 17.9 Å². The molecule has 0 fully saturated rings. The van der Waals surface area contributed by atoms with Gasteiger partial charge in [-0.05, 0) is 19.1 Å². The van der Waals surface area contributed by atoms with E-state index in [9.17, 15) is 4.79 Å². The Bertz CT molecular complexity index is 592. The maximum atomic E-state index is 11.5. The van der Waals surface area contributed by atoms with E-state index in [2.05, 4.69) is 22.2 Å². The summed E-state index contributed by atoms with van der Waals surface area (Å²) in [5.41, 5.74) is 2.74. The van der Waals surface area contributed by atoms with Crippen LogP contribution in [0.4, 0.5) is 10.5 Å². The number of hydrogen-bond donors (Lipinski definition) is 2. The maximum absolute atomic E-state index is 11.5. The molecule has 19 heavy (non-hydrogen) atoms. The number of carbonyl (C=O) groups is 1. The molecule has 2 aromatic rings. The van der Waals surface area contributed by atoms with Crippen molar-refractivity contribution in [3.05, 3.63) is 48.0 Å². The molecule has 0 aliphatic heterocycles. The molecule has 0 aliphatic carbocycles. The lowest BCUT2D eigenvalue weighted by Gasteiger charge is -2.06. The van der Waals surface area contributed by atoms with Gasteiger partial charge in [-0.25, -0.2) is 9.78 Å². The van der Waals surface area contributed by atoms with Crippen LogP contribution in [-0.4, -0.2) is 17.6 Å². The lowest BCUT2D eigenvalue weighted by Crippen LogP contribution is -2.28. The first-order chi connectivity index (χ1) is 9.19. The third-order valence-electron chi connectivity index (χ3n) is 2.39. The molecule has 0 bridgehead atoms. The van der Waals surface area contributed by atoms with Crippen molar-refractivity contribution >= 4 is 23.1 Å². The highest BCUT2D eigenvalue weighted by Crippen LogP contribution is 2.25. The maximum Gasteiger partial charge on any atom is 0.319 e. The Balaban J connectivity index is 2.11. The summed E-state index contributed by atoms with van der Waals surface area (Å²) in [7, 11) is 0. The molecule has 0 saturated carbocycles. The zero-order valence-corrected chi connectivity index (χ0v) is 11.5. The zero-order valence-electron chi connectivity index (χ0n) is 10.6. The monoisotopic (exact) mass is 273 g/mol. The number of hydrogen-bond acceptors (Lipinski definition) is 3. The van der Waals surface area contributed by atoms with E-state index in [4.69, 9.17) is 0 Å². The summed E-state index contributed by atoms with van der Waals surface area (Å²) < 4.78 is 0. The average molecular weight is 273 g/mol. The Morgan fingerprint density at radius 2 is 2.37 bits per heavy atom. The van der Waals surface area contributed by atoms with Crippen LogP contribution >= 0.6 is 11.3 Å². The summed E-state index contributed by atoms with van der Waals surface area (Å²) in [6, 6.07) is 7.39. The molecule has 5 heteroatoms. The fourth-order valence-corrected chi connectivity index (χ4v) is 2.35. The molecule has 1 aromatic heterocycles. The highest BCUT2D eigenvalue weighted by atomic mass is 32.1. The second-order valence-corrected chi connectivity index (χ2v) is 4.86. The van der Waals surface area contributed by atoms with E-state index in [1.807, 2.05) is 36.6 Å². The van der Waals surface area contributed by atoms with Gasteiger partial charge in [0.05, 0.1) is 0 Å². The minimum Gasteiger partial charge on any atom is -0.334 e. The zero-order chi connectivity index (χ0) is 13.7. The summed E-state index contributed by atoms with van der Waals surface area (Å²) in [6.07, 6.45) is 1.63. The summed E-state index contributed by atoms with van der Waals surface area (Å²) in [6.45, 7) is 5.95. The average Bonchev–Trinajstić information content (AvgIpc) is 2.83. The molecule has 0 aliphatic rings. The van der Waals surface area contributed by atoms with E-state index >= 15 is 0 Å². The largest absolute Gasteiger partial charge is 0.334 e. The van der Waals surface area contributed by atoms with Crippen LogP contribution in [0.2, 0.25) is 0 Å². The van der Waals surface area contributed by atoms with Crippen molar-refractivity contribution in [2.75, 3.05) is 11.9 Å². The first-order valence-corrected chi connectivity index (χ1v) is 6.75. The third-order valence-corrected chi connectivity index (χ3v) is 3.40. The standard InChI is InChI=1S/C14H15N3OS/c1-3-7-15-14(18)17-12-6-4-5-11(8-12)13-16-10(2)9-19-13/h3-6,8-9H,1,7H2,2H3,(H2,15,17,18). The number of nitrogens with zero attached hydrogens (tertiary/aromatic N) is 1. The number of carbonyl (C=O) groups excluding carboxylic acids is 1. The van der Waals surface area contributed by atoms with E-state index in [-0.39, 0.29) is 6.03 Å². The van der Waals surface area contributed by atoms with Gasteiger partial charge < -0.3 is 10.6 Å². The van der Waals surface area contributed by atoms with Crippen molar-refractivity contribution in [2.45, 2.75) is 6.92 Å². The van der Waals surface area contributed by atoms with Gasteiger partial charge in [-0.2, -0.15) is 0 Å². The number of urea groups is 1. The first kappa shape index (κ1) is 13.3. The van der Waals surface area contributed by atoms with Gasteiger partial charge in [0.25, 0.3) is 0 Å². The minimum absolute atomic E-state index is 0.243. The second-order valence-electron chi connectivity index (χ2n) is 4.00. The normalized spacial score (nSPS) is 9.95. The van der Waals surface area contributed by atoms with Crippen molar-refractivity contribution in [2.24, 2.45) is 0 Å². The van der Waals surface area contributed by atoms with Crippen LogP contribution in [0.5, 0.6) is 0 Å². The van der Waals surface area contributed by atoms with Crippen LogP contribution in [-0.2, 0) is 0 Å². The SMILES string of the molecule is C=CCNC(=O)Nc1cccc(-c2nc(C)cs2)c1. The fraction of sp³-hybridized carbons (Fsp3) is 0.143. The Hall–Kier alpha value is -2.14. The summed E-state index contributed by atoms with van der Waals surface area (Å²) in [5.74, 6) is 0. The van der Waals surface area contributed by atoms with Crippen LogP contribution in [0.1, 0.15) is 5.69 Å². The predicted molar refractivity (Wildman–Crippen MR) is 79.5 cm³/mol. The van der Waals surface area contributed by atoms with Crippen molar-refractivity contribution in [1.29, 1.82) is 0 Å². The van der Waals surface area contributed by atoms with Crippen LogP contribution in [0.25, 0.3) is 10.6 Å². The van der Waals surface area contributed by atoms with E-state index < -0.39 is 0 Å². The van der Waals surface area contributed by atoms with Gasteiger partial charge in [-0.3, -0.25) is 0 Å². The first-order valence-electron chi connectivity index (χ1n) is 5.87. The van der Waals surface area contributed by atoms with Gasteiger partial charge in [0.2, 0.25) is 0 Å². The molecule has 2 amide bonds. The minimum atomic E-state index is -0.243. The molecule has 1 aromatic carbocycles. The number of thiazole rings is 1. The van der Waals surface area contributed by atoms with Crippen LogP contribution in [0.3, 0.4) is 0 Å². The van der Waals surface area contributed by atoms with Crippen molar-refractivity contribution in [1.82, 2.24) is 10.3 Å². The topological polar surface area (TPSA) is 54.0 Å². The highest BCUT2D eigenvalue weighted by molar-refractivity contribution is 7.13. The van der Waals surface area contributed by atoms with Crippen molar-refractivity contribution in [3.8, 4) is 10.6 Å². The molecule has 2 rings (SSSR count). The molecule has 98 valence electrons. The molecule has 0 radical (unpaired) electrons. The quantitative estimate of drug-likeness (QED) is 0.839. The summed E-state index contributed by atoms with van der Waals surface area (Å²) in [4.78, 5) is 16.0. The molecular formula is C14H15N3OS. The second kappa shape index (κ2) is 6.15. The van der Waals surface area contributed by atoms with E-state index in [0.29, 0.717) is 6.54 Å². The van der Waals surface area contributed by atoms with Crippen LogP contribution < -0.4 is 10.6 Å². The molecule has 0 unspecified atom stereocenters. The lowest BCUT2D eigenvalue weighted by molar-refractivity contribution is 0.253. The summed E-state index contributed by atoms with van der Waals surface area (Å²) in [5, 5.41) is 8.39. The molecule has 1 heterocycles. The van der Waals surface area contributed by atoms with Crippen molar-refractivity contribution in [3.63, 3.8) is 0 Å². The third kappa shape index (κ3) is 3.66. The Labute approximate surface area is 116 Å². The molecule has 0 spiro atoms. The fourth-order valence-electron chi connectivity index (χ4n) is 1.56. The molecule has 0 atom stereocenters. The summed E-state index contributed by atoms with van der Waals surface area (Å²) >= 11 is 1.59. The number of aromatic nitrogens is 1. The van der Waals surface area contributed by atoms with Crippen LogP contribution in [0.15, 0.2) is 42.3 Å². The number of nitrogens with one attached hydrogen (secondary N) is 2. The van der Waals surface area contributed by atoms with E-state index in [0.717, 1.165) is 22.0 Å². The molecular weight excluding hydrogens is 258 g/mol. The van der Waals surface area contributed by atoms with E-state index in [1.54, 1.807) is 17.4 Å². The Kier molecular flexibility index (Phi) is 4.30. The van der Waals surface area contributed by atoms with Crippen molar-refractivity contribution < 1.29 is 4.79 Å².